The third kappa shape index (κ3) is 3.12. The Balaban J connectivity index is 1.20. The Kier molecular flexibility index (Phi) is 3.94. The molecule has 3 heterocycles. The number of aryl methyl sites for hydroxylation is 1. The van der Waals surface area contributed by atoms with Gasteiger partial charge in [0.1, 0.15) is 5.76 Å². The molecule has 4 rings (SSSR count). The zero-order valence-electron chi connectivity index (χ0n) is 14.0. The second kappa shape index (κ2) is 6.11. The molecule has 2 saturated heterocycles. The van der Waals surface area contributed by atoms with Gasteiger partial charge in [-0.1, -0.05) is 5.16 Å². The zero-order chi connectivity index (χ0) is 16.7. The average molecular weight is 332 g/mol. The number of rotatable bonds is 3. The summed E-state index contributed by atoms with van der Waals surface area (Å²) >= 11 is 0. The zero-order valence-corrected chi connectivity index (χ0v) is 14.0. The minimum absolute atomic E-state index is 0.00859. The molecule has 1 saturated carbocycles. The summed E-state index contributed by atoms with van der Waals surface area (Å²) in [6.45, 7) is 4.70. The van der Waals surface area contributed by atoms with Gasteiger partial charge in [0.25, 0.3) is 0 Å². The maximum atomic E-state index is 12.3. The van der Waals surface area contributed by atoms with E-state index in [1.807, 2.05) is 22.8 Å². The molecule has 0 atom stereocenters. The molecule has 2 aliphatic heterocycles. The van der Waals surface area contributed by atoms with Crippen LogP contribution in [0.2, 0.25) is 0 Å². The molecule has 3 fully saturated rings. The van der Waals surface area contributed by atoms with Gasteiger partial charge in [0.15, 0.2) is 0 Å². The van der Waals surface area contributed by atoms with Gasteiger partial charge in [0.05, 0.1) is 11.7 Å². The molecule has 7 heteroatoms. The quantitative estimate of drug-likeness (QED) is 0.910. The minimum atomic E-state index is -0.00859. The van der Waals surface area contributed by atoms with Crippen LogP contribution in [0.1, 0.15) is 43.1 Å². The first-order valence-corrected chi connectivity index (χ1v) is 8.87. The van der Waals surface area contributed by atoms with E-state index in [-0.39, 0.29) is 23.9 Å². The van der Waals surface area contributed by atoms with Gasteiger partial charge in [-0.3, -0.25) is 4.79 Å². The van der Waals surface area contributed by atoms with Crippen LogP contribution in [-0.4, -0.2) is 59.1 Å². The lowest BCUT2D eigenvalue weighted by Crippen LogP contribution is -2.63. The van der Waals surface area contributed by atoms with Crippen LogP contribution >= 0.6 is 0 Å². The van der Waals surface area contributed by atoms with Gasteiger partial charge in [-0.05, 0) is 32.6 Å². The Morgan fingerprint density at radius 3 is 2.46 bits per heavy atom. The van der Waals surface area contributed by atoms with Crippen molar-refractivity contribution in [3.63, 3.8) is 0 Å². The highest BCUT2D eigenvalue weighted by Gasteiger charge is 2.40. The van der Waals surface area contributed by atoms with Crippen LogP contribution in [0.5, 0.6) is 0 Å². The highest BCUT2D eigenvalue weighted by molar-refractivity contribution is 5.82. The number of amides is 3. The van der Waals surface area contributed by atoms with Crippen LogP contribution in [0.25, 0.3) is 0 Å². The molecular formula is C17H24N4O3. The van der Waals surface area contributed by atoms with Crippen molar-refractivity contribution in [3.8, 4) is 0 Å². The summed E-state index contributed by atoms with van der Waals surface area (Å²) in [6, 6.07) is 2.08. The van der Waals surface area contributed by atoms with Crippen LogP contribution < -0.4 is 5.32 Å². The topological polar surface area (TPSA) is 78.7 Å². The molecular weight excluding hydrogens is 308 g/mol. The van der Waals surface area contributed by atoms with Crippen molar-refractivity contribution < 1.29 is 14.1 Å². The molecule has 1 aromatic rings. The van der Waals surface area contributed by atoms with Crippen LogP contribution in [0.3, 0.4) is 0 Å². The molecule has 0 unspecified atom stereocenters. The number of nitrogens with zero attached hydrogens (tertiary/aromatic N) is 3. The van der Waals surface area contributed by atoms with Crippen molar-refractivity contribution in [1.29, 1.82) is 0 Å². The molecule has 3 aliphatic rings. The predicted molar refractivity (Wildman–Crippen MR) is 86.4 cm³/mol. The largest absolute Gasteiger partial charge is 0.361 e. The average Bonchev–Trinajstić information content (AvgIpc) is 3.31. The number of urea groups is 1. The Labute approximate surface area is 141 Å². The monoisotopic (exact) mass is 332 g/mol. The Bertz CT molecular complexity index is 626. The standard InChI is InChI=1S/C17H24N4O3/c1-11-8-15(24-19-11)12-4-6-20(7-5-12)17(23)18-14-9-21(10-14)16(22)13-2-3-13/h8,12-14H,2-7,9-10H2,1H3,(H,18,23). The SMILES string of the molecule is Cc1cc(C2CCN(C(=O)NC3CN(C(=O)C4CC4)C3)CC2)on1. The fourth-order valence-electron chi connectivity index (χ4n) is 3.55. The highest BCUT2D eigenvalue weighted by atomic mass is 16.5. The third-order valence-electron chi connectivity index (χ3n) is 5.28. The fraction of sp³-hybridized carbons (Fsp3) is 0.706. The maximum Gasteiger partial charge on any atom is 0.317 e. The van der Waals surface area contributed by atoms with Crippen molar-refractivity contribution in [1.82, 2.24) is 20.3 Å². The second-order valence-corrected chi connectivity index (χ2v) is 7.30. The maximum absolute atomic E-state index is 12.3. The molecule has 0 bridgehead atoms. The fourth-order valence-corrected chi connectivity index (χ4v) is 3.55. The van der Waals surface area contributed by atoms with Crippen molar-refractivity contribution in [2.24, 2.45) is 5.92 Å². The van der Waals surface area contributed by atoms with Crippen molar-refractivity contribution >= 4 is 11.9 Å². The van der Waals surface area contributed by atoms with E-state index < -0.39 is 0 Å². The lowest BCUT2D eigenvalue weighted by atomic mass is 9.94. The van der Waals surface area contributed by atoms with Gasteiger partial charge in [-0.15, -0.1) is 0 Å². The molecule has 1 aromatic heterocycles. The summed E-state index contributed by atoms with van der Waals surface area (Å²) in [5.41, 5.74) is 0.903. The van der Waals surface area contributed by atoms with Crippen molar-refractivity contribution in [2.45, 2.75) is 44.6 Å². The number of aromatic nitrogens is 1. The summed E-state index contributed by atoms with van der Waals surface area (Å²) in [7, 11) is 0. The van der Waals surface area contributed by atoms with Gasteiger partial charge in [0.2, 0.25) is 5.91 Å². The Morgan fingerprint density at radius 2 is 1.88 bits per heavy atom. The van der Waals surface area contributed by atoms with E-state index >= 15 is 0 Å². The van der Waals surface area contributed by atoms with Crippen molar-refractivity contribution in [3.05, 3.63) is 17.5 Å². The minimum Gasteiger partial charge on any atom is -0.361 e. The van der Waals surface area contributed by atoms with E-state index in [4.69, 9.17) is 4.52 Å². The van der Waals surface area contributed by atoms with E-state index in [2.05, 4.69) is 10.5 Å². The summed E-state index contributed by atoms with van der Waals surface area (Å²) in [5, 5.41) is 6.99. The first-order valence-electron chi connectivity index (χ1n) is 8.87. The molecule has 1 N–H and O–H groups in total. The number of piperidine rings is 1. The van der Waals surface area contributed by atoms with Crippen LogP contribution in [0.15, 0.2) is 10.6 Å². The van der Waals surface area contributed by atoms with Crippen LogP contribution in [-0.2, 0) is 4.79 Å². The summed E-state index contributed by atoms with van der Waals surface area (Å²) < 4.78 is 5.34. The first-order chi connectivity index (χ1) is 11.6. The van der Waals surface area contributed by atoms with E-state index in [9.17, 15) is 9.59 Å². The molecule has 3 amide bonds. The number of carbonyl (C=O) groups is 2. The number of likely N-dealkylation sites (tertiary alicyclic amines) is 2. The van der Waals surface area contributed by atoms with Crippen LogP contribution in [0.4, 0.5) is 4.79 Å². The molecule has 7 nitrogen and oxygen atoms in total. The van der Waals surface area contributed by atoms with Gasteiger partial charge in [0, 0.05) is 44.1 Å². The van der Waals surface area contributed by atoms with Gasteiger partial charge in [-0.2, -0.15) is 0 Å². The van der Waals surface area contributed by atoms with Crippen LogP contribution in [0, 0.1) is 12.8 Å². The number of carbonyl (C=O) groups excluding carboxylic acids is 2. The highest BCUT2D eigenvalue weighted by Crippen LogP contribution is 2.32. The molecule has 0 spiro atoms. The third-order valence-corrected chi connectivity index (χ3v) is 5.28. The summed E-state index contributed by atoms with van der Waals surface area (Å²) in [4.78, 5) is 28.0. The van der Waals surface area contributed by atoms with E-state index in [0.29, 0.717) is 19.0 Å². The number of hydrogen-bond acceptors (Lipinski definition) is 4. The van der Waals surface area contributed by atoms with E-state index in [1.165, 1.54) is 0 Å². The number of nitrogens with one attached hydrogen (secondary N) is 1. The first kappa shape index (κ1) is 15.5. The summed E-state index contributed by atoms with van der Waals surface area (Å²) in [6.07, 6.45) is 3.87. The summed E-state index contributed by atoms with van der Waals surface area (Å²) in [5.74, 6) is 1.82. The number of hydrogen-bond donors (Lipinski definition) is 1. The molecule has 130 valence electrons. The second-order valence-electron chi connectivity index (χ2n) is 7.30. The molecule has 1 aliphatic carbocycles. The lowest BCUT2D eigenvalue weighted by Gasteiger charge is -2.41. The van der Waals surface area contributed by atoms with Gasteiger partial charge in [-0.25, -0.2) is 4.79 Å². The Morgan fingerprint density at radius 1 is 1.17 bits per heavy atom. The predicted octanol–water partition coefficient (Wildman–Crippen LogP) is 1.49. The van der Waals surface area contributed by atoms with E-state index in [1.54, 1.807) is 0 Å². The smallest absolute Gasteiger partial charge is 0.317 e. The lowest BCUT2D eigenvalue weighted by molar-refractivity contribution is -0.137. The van der Waals surface area contributed by atoms with Crippen molar-refractivity contribution in [2.75, 3.05) is 26.2 Å². The van der Waals surface area contributed by atoms with Gasteiger partial charge < -0.3 is 19.6 Å². The van der Waals surface area contributed by atoms with E-state index in [0.717, 1.165) is 50.2 Å². The Hall–Kier alpha value is -2.05. The molecule has 0 aromatic carbocycles. The molecule has 24 heavy (non-hydrogen) atoms. The normalized spacial score (nSPS) is 22.4. The van der Waals surface area contributed by atoms with Gasteiger partial charge >= 0.3 is 6.03 Å². The molecule has 0 radical (unpaired) electrons.